The van der Waals surface area contributed by atoms with Crippen LogP contribution in [0.4, 0.5) is 5.69 Å². The van der Waals surface area contributed by atoms with Crippen molar-refractivity contribution in [2.45, 2.75) is 0 Å². The standard InChI is InChI=1S/C13H9NO6/c1-19-13(16)11-7-6-10(20-11)12(15)8-2-4-9(5-3-8)14(17)18/h2-7H,1H3. The molecule has 0 amide bonds. The number of ketones is 1. The second-order valence-corrected chi connectivity index (χ2v) is 3.79. The van der Waals surface area contributed by atoms with Crippen LogP contribution in [0.2, 0.25) is 0 Å². The molecule has 7 heteroatoms. The van der Waals surface area contributed by atoms with Gasteiger partial charge in [0.15, 0.2) is 5.76 Å². The molecule has 0 fully saturated rings. The Labute approximate surface area is 112 Å². The van der Waals surface area contributed by atoms with Crippen molar-refractivity contribution in [3.05, 3.63) is 63.6 Å². The van der Waals surface area contributed by atoms with Crippen molar-refractivity contribution < 1.29 is 23.7 Å². The van der Waals surface area contributed by atoms with Crippen molar-refractivity contribution in [1.29, 1.82) is 0 Å². The third-order valence-corrected chi connectivity index (χ3v) is 2.56. The topological polar surface area (TPSA) is 99.7 Å². The highest BCUT2D eigenvalue weighted by Crippen LogP contribution is 2.17. The van der Waals surface area contributed by atoms with E-state index in [-0.39, 0.29) is 22.8 Å². The number of carbonyl (C=O) groups is 2. The molecule has 0 atom stereocenters. The van der Waals surface area contributed by atoms with E-state index in [0.29, 0.717) is 0 Å². The van der Waals surface area contributed by atoms with E-state index in [0.717, 1.165) is 0 Å². The van der Waals surface area contributed by atoms with Gasteiger partial charge < -0.3 is 9.15 Å². The Balaban J connectivity index is 2.24. The van der Waals surface area contributed by atoms with Gasteiger partial charge in [0.1, 0.15) is 0 Å². The number of esters is 1. The summed E-state index contributed by atoms with van der Waals surface area (Å²) in [6.07, 6.45) is 0. The minimum atomic E-state index is -0.687. The summed E-state index contributed by atoms with van der Waals surface area (Å²) >= 11 is 0. The van der Waals surface area contributed by atoms with Gasteiger partial charge in [0, 0.05) is 17.7 Å². The zero-order valence-corrected chi connectivity index (χ0v) is 10.4. The third-order valence-electron chi connectivity index (χ3n) is 2.56. The van der Waals surface area contributed by atoms with E-state index >= 15 is 0 Å². The summed E-state index contributed by atoms with van der Waals surface area (Å²) in [6, 6.07) is 7.75. The van der Waals surface area contributed by atoms with E-state index in [2.05, 4.69) is 4.74 Å². The molecule has 1 aromatic carbocycles. The number of ether oxygens (including phenoxy) is 1. The first-order valence-corrected chi connectivity index (χ1v) is 5.50. The zero-order chi connectivity index (χ0) is 14.7. The van der Waals surface area contributed by atoms with Crippen molar-refractivity contribution in [1.82, 2.24) is 0 Å². The van der Waals surface area contributed by atoms with Crippen LogP contribution in [0.3, 0.4) is 0 Å². The van der Waals surface area contributed by atoms with Crippen molar-refractivity contribution in [3.63, 3.8) is 0 Å². The summed E-state index contributed by atoms with van der Waals surface area (Å²) in [5.41, 5.74) is 0.109. The number of methoxy groups -OCH3 is 1. The molecule has 7 nitrogen and oxygen atoms in total. The monoisotopic (exact) mass is 275 g/mol. The predicted octanol–water partition coefficient (Wildman–Crippen LogP) is 2.21. The minimum absolute atomic E-state index is 0.0424. The summed E-state index contributed by atoms with van der Waals surface area (Å²) < 4.78 is 9.53. The van der Waals surface area contributed by atoms with Crippen LogP contribution in [0.1, 0.15) is 26.7 Å². The molecule has 0 saturated carbocycles. The molecule has 0 saturated heterocycles. The quantitative estimate of drug-likeness (QED) is 0.367. The molecule has 2 aromatic rings. The van der Waals surface area contributed by atoms with Crippen LogP contribution in [0.25, 0.3) is 0 Å². The maximum Gasteiger partial charge on any atom is 0.373 e. The maximum atomic E-state index is 12.0. The average Bonchev–Trinajstić information content (AvgIpc) is 2.95. The fourth-order valence-corrected chi connectivity index (χ4v) is 1.55. The van der Waals surface area contributed by atoms with E-state index in [1.807, 2.05) is 0 Å². The molecular formula is C13H9NO6. The van der Waals surface area contributed by atoms with E-state index < -0.39 is 16.7 Å². The number of hydrogen-bond donors (Lipinski definition) is 0. The molecule has 0 aliphatic heterocycles. The molecule has 0 unspecified atom stereocenters. The van der Waals surface area contributed by atoms with Gasteiger partial charge in [0.25, 0.3) is 5.69 Å². The summed E-state index contributed by atoms with van der Waals surface area (Å²) in [5.74, 6) is -1.29. The molecule has 0 aliphatic carbocycles. The van der Waals surface area contributed by atoms with Gasteiger partial charge >= 0.3 is 5.97 Å². The number of nitro benzene ring substituents is 1. The van der Waals surface area contributed by atoms with Gasteiger partial charge in [-0.05, 0) is 24.3 Å². The lowest BCUT2D eigenvalue weighted by Gasteiger charge is -1.98. The van der Waals surface area contributed by atoms with E-state index in [1.54, 1.807) is 0 Å². The number of furan rings is 1. The van der Waals surface area contributed by atoms with Crippen LogP contribution >= 0.6 is 0 Å². The van der Waals surface area contributed by atoms with E-state index in [1.165, 1.54) is 43.5 Å². The van der Waals surface area contributed by atoms with Crippen LogP contribution in [0.5, 0.6) is 0 Å². The maximum absolute atomic E-state index is 12.0. The fraction of sp³-hybridized carbons (Fsp3) is 0.0769. The third kappa shape index (κ3) is 2.56. The molecule has 1 heterocycles. The minimum Gasteiger partial charge on any atom is -0.463 e. The summed E-state index contributed by atoms with van der Waals surface area (Å²) in [7, 11) is 1.20. The number of hydrogen-bond acceptors (Lipinski definition) is 6. The van der Waals surface area contributed by atoms with Crippen molar-refractivity contribution in [2.75, 3.05) is 7.11 Å². The second kappa shape index (κ2) is 5.35. The molecular weight excluding hydrogens is 266 g/mol. The first-order chi connectivity index (χ1) is 9.52. The Morgan fingerprint density at radius 2 is 1.70 bits per heavy atom. The molecule has 0 spiro atoms. The normalized spacial score (nSPS) is 10.1. The van der Waals surface area contributed by atoms with Crippen LogP contribution in [0.15, 0.2) is 40.8 Å². The Hall–Kier alpha value is -2.96. The molecule has 0 N–H and O–H groups in total. The van der Waals surface area contributed by atoms with Gasteiger partial charge in [-0.25, -0.2) is 4.79 Å². The van der Waals surface area contributed by atoms with Gasteiger partial charge in [-0.15, -0.1) is 0 Å². The largest absolute Gasteiger partial charge is 0.463 e. The number of nitrogens with zero attached hydrogens (tertiary/aromatic N) is 1. The van der Waals surface area contributed by atoms with Crippen molar-refractivity contribution in [2.24, 2.45) is 0 Å². The number of benzene rings is 1. The highest BCUT2D eigenvalue weighted by atomic mass is 16.6. The molecule has 102 valence electrons. The molecule has 0 bridgehead atoms. The number of nitro groups is 1. The molecule has 0 radical (unpaired) electrons. The number of non-ortho nitro benzene ring substituents is 1. The van der Waals surface area contributed by atoms with Crippen molar-refractivity contribution in [3.8, 4) is 0 Å². The van der Waals surface area contributed by atoms with E-state index in [9.17, 15) is 19.7 Å². The van der Waals surface area contributed by atoms with Crippen LogP contribution in [-0.4, -0.2) is 23.8 Å². The molecule has 2 rings (SSSR count). The lowest BCUT2D eigenvalue weighted by molar-refractivity contribution is -0.384. The molecule has 0 aliphatic rings. The Morgan fingerprint density at radius 3 is 2.25 bits per heavy atom. The molecule has 20 heavy (non-hydrogen) atoms. The highest BCUT2D eigenvalue weighted by molar-refractivity contribution is 6.07. The Bertz CT molecular complexity index is 670. The fourth-order valence-electron chi connectivity index (χ4n) is 1.55. The average molecular weight is 275 g/mol. The SMILES string of the molecule is COC(=O)c1ccc(C(=O)c2ccc([N+](=O)[O-])cc2)o1. The Kier molecular flexibility index (Phi) is 3.60. The van der Waals surface area contributed by atoms with Gasteiger partial charge in [-0.2, -0.15) is 0 Å². The lowest BCUT2D eigenvalue weighted by atomic mass is 10.1. The Morgan fingerprint density at radius 1 is 1.10 bits per heavy atom. The highest BCUT2D eigenvalue weighted by Gasteiger charge is 2.18. The summed E-state index contributed by atoms with van der Waals surface area (Å²) in [4.78, 5) is 33.2. The number of carbonyl (C=O) groups excluding carboxylic acids is 2. The first-order valence-electron chi connectivity index (χ1n) is 5.50. The van der Waals surface area contributed by atoms with E-state index in [4.69, 9.17) is 4.42 Å². The lowest BCUT2D eigenvalue weighted by Crippen LogP contribution is -2.01. The number of rotatable bonds is 4. The summed E-state index contributed by atoms with van der Waals surface area (Å²) in [5, 5.41) is 10.5. The van der Waals surface area contributed by atoms with Gasteiger partial charge in [-0.3, -0.25) is 14.9 Å². The first kappa shape index (κ1) is 13.5. The van der Waals surface area contributed by atoms with Crippen LogP contribution in [0, 0.1) is 10.1 Å². The zero-order valence-electron chi connectivity index (χ0n) is 10.4. The van der Waals surface area contributed by atoms with Crippen LogP contribution < -0.4 is 0 Å². The van der Waals surface area contributed by atoms with Gasteiger partial charge in [0.05, 0.1) is 12.0 Å². The summed E-state index contributed by atoms with van der Waals surface area (Å²) in [6.45, 7) is 0. The molecule has 1 aromatic heterocycles. The van der Waals surface area contributed by atoms with Crippen LogP contribution in [-0.2, 0) is 4.74 Å². The van der Waals surface area contributed by atoms with Gasteiger partial charge in [-0.1, -0.05) is 0 Å². The van der Waals surface area contributed by atoms with Gasteiger partial charge in [0.2, 0.25) is 11.5 Å². The smallest absolute Gasteiger partial charge is 0.373 e. The predicted molar refractivity (Wildman–Crippen MR) is 66.6 cm³/mol. The second-order valence-electron chi connectivity index (χ2n) is 3.79. The van der Waals surface area contributed by atoms with Crippen molar-refractivity contribution >= 4 is 17.4 Å².